The standard InChI is InChI=1S/C22H32N4O2/c1-8-17-20(16-9-10-18(13(2)3)25-22(16)28-7)26-19(14(4)5)21(24-17)23-11-15(6)12-27/h9-10,13,15,27H,4,8,11-12H2,1-3,5-7H3,(H,23,24). The van der Waals surface area contributed by atoms with Crippen LogP contribution in [0.15, 0.2) is 18.7 Å². The highest BCUT2D eigenvalue weighted by Gasteiger charge is 2.19. The topological polar surface area (TPSA) is 80.2 Å². The molecule has 2 heterocycles. The van der Waals surface area contributed by atoms with Crippen LogP contribution >= 0.6 is 0 Å². The molecule has 0 bridgehead atoms. The number of nitrogens with zero attached hydrogens (tertiary/aromatic N) is 3. The van der Waals surface area contributed by atoms with Gasteiger partial charge in [-0.3, -0.25) is 0 Å². The Hall–Kier alpha value is -2.47. The molecule has 6 nitrogen and oxygen atoms in total. The highest BCUT2D eigenvalue weighted by atomic mass is 16.5. The van der Waals surface area contributed by atoms with E-state index < -0.39 is 0 Å². The van der Waals surface area contributed by atoms with E-state index in [1.165, 1.54) is 0 Å². The van der Waals surface area contributed by atoms with Crippen LogP contribution in [0.3, 0.4) is 0 Å². The summed E-state index contributed by atoms with van der Waals surface area (Å²) in [5.41, 5.74) is 4.97. The first-order chi connectivity index (χ1) is 13.3. The zero-order chi connectivity index (χ0) is 20.8. The van der Waals surface area contributed by atoms with Gasteiger partial charge in [-0.15, -0.1) is 0 Å². The summed E-state index contributed by atoms with van der Waals surface area (Å²) in [5, 5.41) is 12.6. The number of methoxy groups -OCH3 is 1. The molecule has 0 aliphatic rings. The van der Waals surface area contributed by atoms with Gasteiger partial charge in [-0.1, -0.05) is 34.3 Å². The van der Waals surface area contributed by atoms with Crippen LogP contribution in [0.25, 0.3) is 16.8 Å². The molecule has 2 aromatic rings. The van der Waals surface area contributed by atoms with Crippen molar-refractivity contribution in [1.29, 1.82) is 0 Å². The second kappa shape index (κ2) is 9.64. The number of pyridine rings is 1. The third-order valence-electron chi connectivity index (χ3n) is 4.56. The molecule has 1 atom stereocenters. The number of rotatable bonds is 9. The van der Waals surface area contributed by atoms with Gasteiger partial charge in [0.1, 0.15) is 5.69 Å². The van der Waals surface area contributed by atoms with Crippen molar-refractivity contribution < 1.29 is 9.84 Å². The van der Waals surface area contributed by atoms with Crippen molar-refractivity contribution in [2.75, 3.05) is 25.6 Å². The lowest BCUT2D eigenvalue weighted by Crippen LogP contribution is -2.17. The summed E-state index contributed by atoms with van der Waals surface area (Å²) < 4.78 is 5.57. The second-order valence-corrected chi connectivity index (χ2v) is 7.47. The van der Waals surface area contributed by atoms with E-state index in [0.717, 1.165) is 34.6 Å². The fourth-order valence-electron chi connectivity index (χ4n) is 2.80. The van der Waals surface area contributed by atoms with Gasteiger partial charge in [0.2, 0.25) is 5.88 Å². The van der Waals surface area contributed by atoms with Gasteiger partial charge in [-0.2, -0.15) is 0 Å². The van der Waals surface area contributed by atoms with Gasteiger partial charge in [-0.25, -0.2) is 15.0 Å². The summed E-state index contributed by atoms with van der Waals surface area (Å²) in [6.45, 7) is 14.9. The monoisotopic (exact) mass is 384 g/mol. The maximum Gasteiger partial charge on any atom is 0.222 e. The molecule has 6 heteroatoms. The summed E-state index contributed by atoms with van der Waals surface area (Å²) in [5.74, 6) is 1.68. The summed E-state index contributed by atoms with van der Waals surface area (Å²) in [6, 6.07) is 4.02. The molecule has 0 radical (unpaired) electrons. The SMILES string of the molecule is C=C(C)c1nc(-c2ccc(C(C)C)nc2OC)c(CC)nc1NCC(C)CO. The van der Waals surface area contributed by atoms with Crippen LogP contribution in [0, 0.1) is 5.92 Å². The molecule has 0 amide bonds. The van der Waals surface area contributed by atoms with Gasteiger partial charge in [0.25, 0.3) is 0 Å². The predicted octanol–water partition coefficient (Wildman–Crippen LogP) is 4.31. The lowest BCUT2D eigenvalue weighted by atomic mass is 10.0. The van der Waals surface area contributed by atoms with E-state index >= 15 is 0 Å². The van der Waals surface area contributed by atoms with E-state index in [1.807, 2.05) is 26.0 Å². The molecule has 28 heavy (non-hydrogen) atoms. The minimum atomic E-state index is 0.118. The molecule has 0 aliphatic carbocycles. The van der Waals surface area contributed by atoms with Gasteiger partial charge in [0.05, 0.1) is 24.1 Å². The van der Waals surface area contributed by atoms with Crippen molar-refractivity contribution in [1.82, 2.24) is 15.0 Å². The van der Waals surface area contributed by atoms with E-state index in [4.69, 9.17) is 14.7 Å². The number of hydrogen-bond acceptors (Lipinski definition) is 6. The maximum absolute atomic E-state index is 9.29. The first-order valence-corrected chi connectivity index (χ1v) is 9.79. The van der Waals surface area contributed by atoms with Crippen LogP contribution < -0.4 is 10.1 Å². The Kier molecular flexibility index (Phi) is 7.52. The summed E-state index contributed by atoms with van der Waals surface area (Å²) in [6.07, 6.45) is 0.720. The van der Waals surface area contributed by atoms with Crippen LogP contribution in [0.1, 0.15) is 57.6 Å². The highest BCUT2D eigenvalue weighted by Crippen LogP contribution is 2.33. The molecule has 2 aromatic heterocycles. The minimum Gasteiger partial charge on any atom is -0.480 e. The van der Waals surface area contributed by atoms with Crippen LogP contribution in [0.4, 0.5) is 5.82 Å². The molecular weight excluding hydrogens is 352 g/mol. The quantitative estimate of drug-likeness (QED) is 0.671. The van der Waals surface area contributed by atoms with Crippen molar-refractivity contribution in [3.8, 4) is 17.1 Å². The van der Waals surface area contributed by atoms with Crippen LogP contribution in [0.5, 0.6) is 5.88 Å². The first-order valence-electron chi connectivity index (χ1n) is 9.79. The average Bonchev–Trinajstić information content (AvgIpc) is 2.70. The Labute approximate surface area is 168 Å². The minimum absolute atomic E-state index is 0.118. The summed E-state index contributed by atoms with van der Waals surface area (Å²) in [4.78, 5) is 14.4. The lowest BCUT2D eigenvalue weighted by molar-refractivity contribution is 0.244. The Balaban J connectivity index is 2.58. The van der Waals surface area contributed by atoms with Gasteiger partial charge in [0, 0.05) is 18.8 Å². The number of aliphatic hydroxyl groups excluding tert-OH is 1. The zero-order valence-electron chi connectivity index (χ0n) is 17.8. The molecule has 0 fully saturated rings. The molecule has 0 saturated carbocycles. The fraction of sp³-hybridized carbons (Fsp3) is 0.500. The van der Waals surface area contributed by atoms with E-state index in [0.29, 0.717) is 29.9 Å². The number of nitrogens with one attached hydrogen (secondary N) is 1. The number of allylic oxidation sites excluding steroid dienone is 1. The van der Waals surface area contributed by atoms with Gasteiger partial charge >= 0.3 is 0 Å². The average molecular weight is 385 g/mol. The Morgan fingerprint density at radius 3 is 2.46 bits per heavy atom. The summed E-state index contributed by atoms with van der Waals surface area (Å²) >= 11 is 0. The molecular formula is C22H32N4O2. The van der Waals surface area contributed by atoms with Crippen LogP contribution in [0.2, 0.25) is 0 Å². The van der Waals surface area contributed by atoms with E-state index in [1.54, 1.807) is 7.11 Å². The normalized spacial score (nSPS) is 12.1. The third-order valence-corrected chi connectivity index (χ3v) is 4.56. The molecule has 0 aliphatic heterocycles. The number of aromatic nitrogens is 3. The molecule has 0 saturated heterocycles. The Bertz CT molecular complexity index is 834. The predicted molar refractivity (Wildman–Crippen MR) is 115 cm³/mol. The first kappa shape index (κ1) is 21.8. The molecule has 0 aromatic carbocycles. The van der Waals surface area contributed by atoms with Crippen LogP contribution in [-0.2, 0) is 6.42 Å². The zero-order valence-corrected chi connectivity index (χ0v) is 17.8. The molecule has 1 unspecified atom stereocenters. The van der Waals surface area contributed by atoms with Crippen molar-refractivity contribution in [2.45, 2.75) is 47.0 Å². The van der Waals surface area contributed by atoms with Gasteiger partial charge in [0.15, 0.2) is 5.82 Å². The largest absolute Gasteiger partial charge is 0.480 e. The Morgan fingerprint density at radius 2 is 1.93 bits per heavy atom. The van der Waals surface area contributed by atoms with Crippen molar-refractivity contribution >= 4 is 11.4 Å². The Morgan fingerprint density at radius 1 is 1.21 bits per heavy atom. The smallest absolute Gasteiger partial charge is 0.222 e. The van der Waals surface area contributed by atoms with E-state index in [-0.39, 0.29) is 12.5 Å². The maximum atomic E-state index is 9.29. The number of anilines is 1. The molecule has 152 valence electrons. The summed E-state index contributed by atoms with van der Waals surface area (Å²) in [7, 11) is 1.63. The number of ether oxygens (including phenoxy) is 1. The third kappa shape index (κ3) is 4.87. The van der Waals surface area contributed by atoms with Gasteiger partial charge < -0.3 is 15.2 Å². The number of aliphatic hydroxyl groups is 1. The molecule has 2 N–H and O–H groups in total. The molecule has 2 rings (SSSR count). The lowest BCUT2D eigenvalue weighted by Gasteiger charge is -2.18. The highest BCUT2D eigenvalue weighted by molar-refractivity contribution is 5.74. The van der Waals surface area contributed by atoms with Gasteiger partial charge in [-0.05, 0) is 42.9 Å². The van der Waals surface area contributed by atoms with Crippen molar-refractivity contribution in [2.24, 2.45) is 5.92 Å². The van der Waals surface area contributed by atoms with Crippen LogP contribution in [-0.4, -0.2) is 40.3 Å². The van der Waals surface area contributed by atoms with Crippen molar-refractivity contribution in [3.63, 3.8) is 0 Å². The fourth-order valence-corrected chi connectivity index (χ4v) is 2.80. The number of hydrogen-bond donors (Lipinski definition) is 2. The second-order valence-electron chi connectivity index (χ2n) is 7.47. The van der Waals surface area contributed by atoms with E-state index in [2.05, 4.69) is 37.7 Å². The number of aryl methyl sites for hydroxylation is 1. The molecule has 0 spiro atoms. The van der Waals surface area contributed by atoms with Crippen molar-refractivity contribution in [3.05, 3.63) is 35.8 Å². The van der Waals surface area contributed by atoms with E-state index in [9.17, 15) is 5.11 Å².